The molecular formula is C21H13ClF3N3O4. The largest absolute Gasteiger partial charge is 0.408 e. The molecule has 0 saturated heterocycles. The Bertz CT molecular complexity index is 1270. The monoisotopic (exact) mass is 463 g/mol. The molecule has 2 atom stereocenters. The molecule has 0 radical (unpaired) electrons. The highest BCUT2D eigenvalue weighted by atomic mass is 35.5. The Balaban J connectivity index is 1.34. The van der Waals surface area contributed by atoms with Crippen molar-refractivity contribution in [2.75, 3.05) is 0 Å². The quantitative estimate of drug-likeness (QED) is 0.544. The van der Waals surface area contributed by atoms with E-state index in [1.165, 1.54) is 24.4 Å². The van der Waals surface area contributed by atoms with Gasteiger partial charge in [-0.25, -0.2) is 4.79 Å². The van der Waals surface area contributed by atoms with Gasteiger partial charge in [0.2, 0.25) is 0 Å². The van der Waals surface area contributed by atoms with Gasteiger partial charge >= 0.3 is 12.1 Å². The van der Waals surface area contributed by atoms with Gasteiger partial charge in [-0.05, 0) is 42.2 Å². The number of hydrogen-bond acceptors (Lipinski definition) is 5. The molecule has 2 aliphatic rings. The van der Waals surface area contributed by atoms with Gasteiger partial charge in [-0.15, -0.1) is 0 Å². The molecule has 1 aliphatic carbocycles. The van der Waals surface area contributed by atoms with Crippen molar-refractivity contribution in [3.05, 3.63) is 64.3 Å². The van der Waals surface area contributed by atoms with E-state index in [0.717, 1.165) is 4.68 Å². The fourth-order valence-electron chi connectivity index (χ4n) is 3.90. The van der Waals surface area contributed by atoms with E-state index in [4.69, 9.17) is 16.4 Å². The minimum absolute atomic E-state index is 0.146. The molecule has 5 rings (SSSR count). The third kappa shape index (κ3) is 3.40. The molecule has 32 heavy (non-hydrogen) atoms. The number of halogens is 4. The predicted molar refractivity (Wildman–Crippen MR) is 105 cm³/mol. The maximum atomic E-state index is 12.8. The lowest BCUT2D eigenvalue weighted by atomic mass is 10.1. The highest BCUT2D eigenvalue weighted by Gasteiger charge is 2.48. The summed E-state index contributed by atoms with van der Waals surface area (Å²) in [5.41, 5.74) is 1.04. The number of carbonyl (C=O) groups is 3. The molecule has 1 aliphatic heterocycles. The first kappa shape index (κ1) is 20.5. The maximum Gasteiger partial charge on any atom is 0.408 e. The Kier molecular flexibility index (Phi) is 4.52. The summed E-state index contributed by atoms with van der Waals surface area (Å²) < 4.78 is 39.3. The third-order valence-electron chi connectivity index (χ3n) is 5.52. The van der Waals surface area contributed by atoms with Crippen LogP contribution in [0.2, 0.25) is 5.02 Å². The number of hydroxylamine groups is 2. The molecule has 11 heteroatoms. The van der Waals surface area contributed by atoms with Gasteiger partial charge in [-0.2, -0.15) is 18.3 Å². The molecule has 0 bridgehead atoms. The van der Waals surface area contributed by atoms with Crippen LogP contribution in [0.4, 0.5) is 13.2 Å². The van der Waals surface area contributed by atoms with Crippen molar-refractivity contribution in [3.63, 3.8) is 0 Å². The fourth-order valence-corrected chi connectivity index (χ4v) is 4.17. The van der Waals surface area contributed by atoms with Gasteiger partial charge in [0, 0.05) is 5.39 Å². The van der Waals surface area contributed by atoms with E-state index < -0.39 is 36.4 Å². The summed E-state index contributed by atoms with van der Waals surface area (Å²) in [5.74, 6) is -3.25. The van der Waals surface area contributed by atoms with Crippen LogP contribution in [-0.2, 0) is 16.2 Å². The number of hydrogen-bond donors (Lipinski definition) is 0. The molecule has 7 nitrogen and oxygen atoms in total. The van der Waals surface area contributed by atoms with E-state index in [1.807, 2.05) is 0 Å². The molecule has 1 fully saturated rings. The van der Waals surface area contributed by atoms with Crippen LogP contribution >= 0.6 is 11.6 Å². The Morgan fingerprint density at radius 1 is 1.16 bits per heavy atom. The van der Waals surface area contributed by atoms with E-state index >= 15 is 0 Å². The normalized spacial score (nSPS) is 20.1. The van der Waals surface area contributed by atoms with Gasteiger partial charge in [0.05, 0.1) is 33.8 Å². The predicted octanol–water partition coefficient (Wildman–Crippen LogP) is 4.11. The van der Waals surface area contributed by atoms with Gasteiger partial charge in [0.15, 0.2) is 0 Å². The van der Waals surface area contributed by atoms with Crippen LogP contribution in [0, 0.1) is 5.92 Å². The molecule has 164 valence electrons. The van der Waals surface area contributed by atoms with Crippen molar-refractivity contribution in [1.82, 2.24) is 14.8 Å². The second-order valence-electron chi connectivity index (χ2n) is 7.66. The van der Waals surface area contributed by atoms with E-state index in [9.17, 15) is 27.6 Å². The average Bonchev–Trinajstić information content (AvgIpc) is 3.40. The maximum absolute atomic E-state index is 12.8. The molecule has 0 spiro atoms. The highest BCUT2D eigenvalue weighted by Crippen LogP contribution is 2.50. The summed E-state index contributed by atoms with van der Waals surface area (Å²) in [5, 5.41) is 4.78. The minimum atomic E-state index is -4.46. The van der Waals surface area contributed by atoms with Crippen molar-refractivity contribution < 1.29 is 32.4 Å². The summed E-state index contributed by atoms with van der Waals surface area (Å²) in [6.45, 7) is -1.27. The van der Waals surface area contributed by atoms with Crippen LogP contribution in [0.15, 0.2) is 42.6 Å². The van der Waals surface area contributed by atoms with Gasteiger partial charge in [-0.3, -0.25) is 14.3 Å². The Morgan fingerprint density at radius 2 is 1.81 bits per heavy atom. The second-order valence-corrected chi connectivity index (χ2v) is 8.07. The number of amides is 2. The molecule has 2 heterocycles. The van der Waals surface area contributed by atoms with E-state index in [0.29, 0.717) is 22.4 Å². The first-order valence-corrected chi connectivity index (χ1v) is 9.93. The number of imide groups is 1. The molecule has 2 amide bonds. The number of benzene rings is 2. The molecule has 1 aromatic heterocycles. The van der Waals surface area contributed by atoms with Crippen molar-refractivity contribution >= 4 is 40.3 Å². The van der Waals surface area contributed by atoms with E-state index in [2.05, 4.69) is 5.10 Å². The van der Waals surface area contributed by atoms with Crippen molar-refractivity contribution in [1.29, 1.82) is 0 Å². The lowest BCUT2D eigenvalue weighted by Gasteiger charge is -2.13. The van der Waals surface area contributed by atoms with Gasteiger partial charge in [0.1, 0.15) is 6.54 Å². The lowest BCUT2D eigenvalue weighted by molar-refractivity contribution is -0.170. The van der Waals surface area contributed by atoms with E-state index in [1.54, 1.807) is 18.2 Å². The number of aromatic nitrogens is 2. The summed E-state index contributed by atoms with van der Waals surface area (Å²) in [6.07, 6.45) is -2.86. The van der Waals surface area contributed by atoms with Crippen molar-refractivity contribution in [2.24, 2.45) is 5.92 Å². The first-order valence-electron chi connectivity index (χ1n) is 9.55. The van der Waals surface area contributed by atoms with Gasteiger partial charge < -0.3 is 4.84 Å². The second kappa shape index (κ2) is 7.06. The number of carbonyl (C=O) groups excluding carboxylic acids is 3. The van der Waals surface area contributed by atoms with Crippen LogP contribution in [0.25, 0.3) is 10.9 Å². The smallest absolute Gasteiger partial charge is 0.329 e. The Labute approximate surface area is 183 Å². The zero-order valence-corrected chi connectivity index (χ0v) is 16.9. The van der Waals surface area contributed by atoms with Crippen LogP contribution in [0.1, 0.15) is 38.6 Å². The standard InChI is InChI=1S/C21H13ClF3N3O4/c22-16-5-10(6-17-15(16)8-26-27(17)9-21(23,24)25)13-7-14(13)20(31)32-28-18(29)11-3-1-2-4-12(11)19(28)30/h1-6,8,13-14H,7,9H2/t13-,14+/m1/s1. The Morgan fingerprint density at radius 3 is 2.44 bits per heavy atom. The molecule has 0 unspecified atom stereocenters. The average molecular weight is 464 g/mol. The summed E-state index contributed by atoms with van der Waals surface area (Å²) in [4.78, 5) is 42.4. The molecule has 2 aromatic carbocycles. The summed E-state index contributed by atoms with van der Waals surface area (Å²) >= 11 is 6.22. The van der Waals surface area contributed by atoms with Crippen molar-refractivity contribution in [3.8, 4) is 0 Å². The van der Waals surface area contributed by atoms with Crippen LogP contribution in [-0.4, -0.2) is 38.8 Å². The minimum Gasteiger partial charge on any atom is -0.329 e. The van der Waals surface area contributed by atoms with Crippen LogP contribution in [0.3, 0.4) is 0 Å². The van der Waals surface area contributed by atoms with Gasteiger partial charge in [0.25, 0.3) is 11.8 Å². The molecule has 0 N–H and O–H groups in total. The topological polar surface area (TPSA) is 81.5 Å². The molecule has 3 aromatic rings. The summed E-state index contributed by atoms with van der Waals surface area (Å²) in [7, 11) is 0. The fraction of sp³-hybridized carbons (Fsp3) is 0.238. The zero-order chi connectivity index (χ0) is 22.8. The van der Waals surface area contributed by atoms with Gasteiger partial charge in [-0.1, -0.05) is 28.8 Å². The van der Waals surface area contributed by atoms with Crippen LogP contribution < -0.4 is 0 Å². The zero-order valence-electron chi connectivity index (χ0n) is 16.1. The van der Waals surface area contributed by atoms with E-state index in [-0.39, 0.29) is 27.6 Å². The number of fused-ring (bicyclic) bond motifs is 2. The molecule has 1 saturated carbocycles. The third-order valence-corrected chi connectivity index (χ3v) is 5.84. The molecular weight excluding hydrogens is 451 g/mol. The number of alkyl halides is 3. The first-order chi connectivity index (χ1) is 15.1. The summed E-state index contributed by atoms with van der Waals surface area (Å²) in [6, 6.07) is 9.20. The van der Waals surface area contributed by atoms with Crippen LogP contribution in [0.5, 0.6) is 0 Å². The number of nitrogens with zero attached hydrogens (tertiary/aromatic N) is 3. The lowest BCUT2D eigenvalue weighted by Crippen LogP contribution is -2.33. The van der Waals surface area contributed by atoms with Crippen molar-refractivity contribution in [2.45, 2.75) is 25.1 Å². The SMILES string of the molecule is O=C(ON1C(=O)c2ccccc2C1=O)[C@H]1C[C@@H]1c1cc(Cl)c2cnn(CC(F)(F)F)c2c1. The highest BCUT2D eigenvalue weighted by molar-refractivity contribution is 6.35. The number of rotatable bonds is 4. The Hall–Kier alpha value is -3.40.